The number of rotatable bonds is 2. The Morgan fingerprint density at radius 3 is 2.44 bits per heavy atom. The highest BCUT2D eigenvalue weighted by Gasteiger charge is 2.47. The number of esters is 1. The van der Waals surface area contributed by atoms with Crippen molar-refractivity contribution in [3.63, 3.8) is 0 Å². The number of carbonyl (C=O) groups is 2. The van der Waals surface area contributed by atoms with Crippen LogP contribution in [-0.2, 0) is 14.3 Å². The molecule has 0 N–H and O–H groups in total. The molecule has 1 unspecified atom stereocenters. The first-order valence-electron chi connectivity index (χ1n) is 5.86. The lowest BCUT2D eigenvalue weighted by molar-refractivity contribution is -0.150. The standard InChI is InChI=1S/C12H20INO4/c1-11(2,3)18-10(16)14-6-5-12(7-13,8-14)9(15)17-4/h5-8H2,1-4H3. The monoisotopic (exact) mass is 369 g/mol. The third kappa shape index (κ3) is 3.49. The number of amides is 1. The zero-order chi connectivity index (χ0) is 14.0. The molecule has 0 aromatic rings. The van der Waals surface area contributed by atoms with E-state index in [4.69, 9.17) is 9.47 Å². The number of nitrogens with zero attached hydrogens (tertiary/aromatic N) is 1. The molecular weight excluding hydrogens is 349 g/mol. The van der Waals surface area contributed by atoms with E-state index in [1.165, 1.54) is 7.11 Å². The van der Waals surface area contributed by atoms with Crippen LogP contribution in [0.25, 0.3) is 0 Å². The fourth-order valence-electron chi connectivity index (χ4n) is 1.90. The summed E-state index contributed by atoms with van der Waals surface area (Å²) >= 11 is 2.16. The van der Waals surface area contributed by atoms with Crippen molar-refractivity contribution in [2.24, 2.45) is 5.41 Å². The van der Waals surface area contributed by atoms with Gasteiger partial charge in [0.25, 0.3) is 0 Å². The summed E-state index contributed by atoms with van der Waals surface area (Å²) in [4.78, 5) is 25.3. The minimum Gasteiger partial charge on any atom is -0.469 e. The summed E-state index contributed by atoms with van der Waals surface area (Å²) in [5.41, 5.74) is -1.09. The van der Waals surface area contributed by atoms with Crippen LogP contribution in [0.2, 0.25) is 0 Å². The molecule has 0 aromatic heterocycles. The van der Waals surface area contributed by atoms with Crippen LogP contribution >= 0.6 is 22.6 Å². The summed E-state index contributed by atoms with van der Waals surface area (Å²) in [5, 5.41) is 0. The smallest absolute Gasteiger partial charge is 0.410 e. The second-order valence-corrected chi connectivity index (χ2v) is 6.32. The lowest BCUT2D eigenvalue weighted by Crippen LogP contribution is -2.40. The van der Waals surface area contributed by atoms with Gasteiger partial charge in [-0.25, -0.2) is 4.79 Å². The van der Waals surface area contributed by atoms with Crippen molar-refractivity contribution in [1.82, 2.24) is 4.90 Å². The van der Waals surface area contributed by atoms with E-state index in [0.717, 1.165) is 0 Å². The Bertz CT molecular complexity index is 339. The maximum absolute atomic E-state index is 11.9. The fraction of sp³-hybridized carbons (Fsp3) is 0.833. The van der Waals surface area contributed by atoms with Crippen LogP contribution in [0.3, 0.4) is 0 Å². The minimum absolute atomic E-state index is 0.247. The van der Waals surface area contributed by atoms with Crippen molar-refractivity contribution in [2.45, 2.75) is 32.8 Å². The third-order valence-corrected chi connectivity index (χ3v) is 4.34. The molecule has 104 valence electrons. The highest BCUT2D eigenvalue weighted by Crippen LogP contribution is 2.34. The van der Waals surface area contributed by atoms with E-state index in [1.807, 2.05) is 20.8 Å². The van der Waals surface area contributed by atoms with Gasteiger partial charge in [-0.15, -0.1) is 0 Å². The number of carbonyl (C=O) groups excluding carboxylic acids is 2. The van der Waals surface area contributed by atoms with Crippen molar-refractivity contribution in [1.29, 1.82) is 0 Å². The Morgan fingerprint density at radius 1 is 1.39 bits per heavy atom. The van der Waals surface area contributed by atoms with Gasteiger partial charge in [0.1, 0.15) is 5.60 Å². The van der Waals surface area contributed by atoms with Crippen LogP contribution < -0.4 is 0 Å². The number of likely N-dealkylation sites (tertiary alicyclic amines) is 1. The second kappa shape index (κ2) is 5.63. The summed E-state index contributed by atoms with van der Waals surface area (Å²) in [6, 6.07) is 0. The minimum atomic E-state index is -0.577. The van der Waals surface area contributed by atoms with Crippen LogP contribution in [0, 0.1) is 5.41 Å². The predicted molar refractivity (Wildman–Crippen MR) is 75.8 cm³/mol. The first-order valence-corrected chi connectivity index (χ1v) is 7.39. The summed E-state index contributed by atoms with van der Waals surface area (Å²) in [6.07, 6.45) is 0.264. The lowest BCUT2D eigenvalue weighted by Gasteiger charge is -2.26. The molecule has 1 amide bonds. The zero-order valence-electron chi connectivity index (χ0n) is 11.3. The van der Waals surface area contributed by atoms with E-state index in [2.05, 4.69) is 22.6 Å². The van der Waals surface area contributed by atoms with Gasteiger partial charge in [-0.1, -0.05) is 22.6 Å². The van der Waals surface area contributed by atoms with E-state index in [0.29, 0.717) is 23.9 Å². The lowest BCUT2D eigenvalue weighted by atomic mass is 9.90. The number of ether oxygens (including phenoxy) is 2. The average Bonchev–Trinajstić information content (AvgIpc) is 2.71. The highest BCUT2D eigenvalue weighted by atomic mass is 127. The van der Waals surface area contributed by atoms with Gasteiger partial charge in [0, 0.05) is 17.5 Å². The van der Waals surface area contributed by atoms with E-state index in [1.54, 1.807) is 4.90 Å². The summed E-state index contributed by atoms with van der Waals surface area (Å²) in [6.45, 7) is 6.39. The first-order chi connectivity index (χ1) is 8.24. The molecule has 1 fully saturated rings. The fourth-order valence-corrected chi connectivity index (χ4v) is 2.84. The molecule has 18 heavy (non-hydrogen) atoms. The van der Waals surface area contributed by atoms with Gasteiger partial charge in [0.2, 0.25) is 0 Å². The molecule has 0 bridgehead atoms. The van der Waals surface area contributed by atoms with Crippen molar-refractivity contribution in [3.05, 3.63) is 0 Å². The Kier molecular flexibility index (Phi) is 4.85. The van der Waals surface area contributed by atoms with Gasteiger partial charge in [0.15, 0.2) is 0 Å². The molecule has 5 nitrogen and oxygen atoms in total. The number of hydrogen-bond acceptors (Lipinski definition) is 4. The van der Waals surface area contributed by atoms with E-state index in [-0.39, 0.29) is 12.1 Å². The Labute approximate surface area is 121 Å². The number of halogens is 1. The molecule has 1 atom stereocenters. The number of alkyl halides is 1. The van der Waals surface area contributed by atoms with Gasteiger partial charge >= 0.3 is 12.1 Å². The maximum atomic E-state index is 11.9. The molecule has 1 aliphatic rings. The normalized spacial score (nSPS) is 23.9. The Balaban J connectivity index is 2.70. The molecule has 0 saturated carbocycles. The van der Waals surface area contributed by atoms with Gasteiger partial charge < -0.3 is 14.4 Å². The largest absolute Gasteiger partial charge is 0.469 e. The van der Waals surface area contributed by atoms with E-state index in [9.17, 15) is 9.59 Å². The molecular formula is C12H20INO4. The second-order valence-electron chi connectivity index (χ2n) is 5.56. The molecule has 1 aliphatic heterocycles. The summed E-state index contributed by atoms with van der Waals surface area (Å²) in [5.74, 6) is -0.247. The molecule has 6 heteroatoms. The Morgan fingerprint density at radius 2 is 2.00 bits per heavy atom. The van der Waals surface area contributed by atoms with E-state index >= 15 is 0 Å². The van der Waals surface area contributed by atoms with Crippen molar-refractivity contribution in [3.8, 4) is 0 Å². The van der Waals surface area contributed by atoms with Crippen molar-refractivity contribution >= 4 is 34.7 Å². The summed E-state index contributed by atoms with van der Waals surface area (Å²) in [7, 11) is 1.38. The van der Waals surface area contributed by atoms with Gasteiger partial charge in [-0.3, -0.25) is 4.79 Å². The maximum Gasteiger partial charge on any atom is 0.410 e. The van der Waals surface area contributed by atoms with Crippen LogP contribution in [0.1, 0.15) is 27.2 Å². The number of methoxy groups -OCH3 is 1. The van der Waals surface area contributed by atoms with Crippen LogP contribution in [0.5, 0.6) is 0 Å². The molecule has 0 spiro atoms. The van der Waals surface area contributed by atoms with Crippen LogP contribution in [0.15, 0.2) is 0 Å². The topological polar surface area (TPSA) is 55.8 Å². The average molecular weight is 369 g/mol. The molecule has 0 aromatic carbocycles. The van der Waals surface area contributed by atoms with Crippen LogP contribution in [-0.4, -0.2) is 47.2 Å². The van der Waals surface area contributed by atoms with Gasteiger partial charge in [-0.2, -0.15) is 0 Å². The molecule has 1 heterocycles. The van der Waals surface area contributed by atoms with Crippen molar-refractivity contribution in [2.75, 3.05) is 24.6 Å². The SMILES string of the molecule is COC(=O)C1(CI)CCN(C(=O)OC(C)(C)C)C1. The van der Waals surface area contributed by atoms with Gasteiger partial charge in [-0.05, 0) is 27.2 Å². The summed E-state index contributed by atoms with van der Waals surface area (Å²) < 4.78 is 10.8. The number of hydrogen-bond donors (Lipinski definition) is 0. The molecule has 0 radical (unpaired) electrons. The highest BCUT2D eigenvalue weighted by molar-refractivity contribution is 14.1. The van der Waals surface area contributed by atoms with Gasteiger partial charge in [0.05, 0.1) is 12.5 Å². The Hall–Kier alpha value is -0.530. The quantitative estimate of drug-likeness (QED) is 0.426. The first kappa shape index (κ1) is 15.5. The van der Waals surface area contributed by atoms with Crippen LogP contribution in [0.4, 0.5) is 4.79 Å². The molecule has 0 aliphatic carbocycles. The van der Waals surface area contributed by atoms with Crippen molar-refractivity contribution < 1.29 is 19.1 Å². The van der Waals surface area contributed by atoms with E-state index < -0.39 is 11.0 Å². The molecule has 1 rings (SSSR count). The zero-order valence-corrected chi connectivity index (χ0v) is 13.4. The molecule has 1 saturated heterocycles. The predicted octanol–water partition coefficient (Wildman–Crippen LogP) is 2.22. The third-order valence-electron chi connectivity index (χ3n) is 2.88.